The molecule has 1 aliphatic heterocycles. The van der Waals surface area contributed by atoms with Crippen molar-refractivity contribution < 1.29 is 74.4 Å². The molecule has 0 amide bonds. The van der Waals surface area contributed by atoms with E-state index in [1.165, 1.54) is 13.8 Å². The van der Waals surface area contributed by atoms with Gasteiger partial charge in [0.05, 0.1) is 0 Å². The Morgan fingerprint density at radius 2 is 1.39 bits per heavy atom. The minimum absolute atomic E-state index is 0.0904. The van der Waals surface area contributed by atoms with E-state index in [4.69, 9.17) is 14.8 Å². The van der Waals surface area contributed by atoms with E-state index in [2.05, 4.69) is 0 Å². The van der Waals surface area contributed by atoms with E-state index in [0.29, 0.717) is 13.2 Å². The zero-order valence-corrected chi connectivity index (χ0v) is 21.8. The van der Waals surface area contributed by atoms with Gasteiger partial charge >= 0.3 is 133 Å². The average Bonchev–Trinajstić information content (AvgIpc) is 2.30. The van der Waals surface area contributed by atoms with E-state index in [9.17, 15) is 9.59 Å². The van der Waals surface area contributed by atoms with Gasteiger partial charge in [-0.25, -0.2) is 0 Å². The second-order valence-electron chi connectivity index (χ2n) is 4.17. The first-order valence-electron chi connectivity index (χ1n) is 6.08. The fraction of sp³-hybridized carbons (Fsp3) is 0.800. The van der Waals surface area contributed by atoms with Crippen LogP contribution in [0.15, 0.2) is 0 Å². The average molecular weight is 633 g/mol. The predicted molar refractivity (Wildman–Crippen MR) is 52.6 cm³/mol. The molecule has 1 aliphatic rings. The number of hydrogen-bond donors (Lipinski definition) is 0. The van der Waals surface area contributed by atoms with Crippen molar-refractivity contribution in [2.45, 2.75) is 33.9 Å². The summed E-state index contributed by atoms with van der Waals surface area (Å²) in [6.45, 7) is 4.02. The van der Waals surface area contributed by atoms with Gasteiger partial charge in [-0.2, -0.15) is 0 Å². The van der Waals surface area contributed by atoms with Gasteiger partial charge in [0.25, 0.3) is 0 Å². The summed E-state index contributed by atoms with van der Waals surface area (Å²) < 4.78 is 23.2. The molecule has 8 heteroatoms. The molecule has 1 fully saturated rings. The van der Waals surface area contributed by atoms with Crippen molar-refractivity contribution >= 4 is 11.9 Å². The van der Waals surface area contributed by atoms with Crippen LogP contribution in [0.25, 0.3) is 0 Å². The topological polar surface area (TPSA) is 71.1 Å². The van der Waals surface area contributed by atoms with Gasteiger partial charge in [-0.15, -0.1) is 0 Å². The predicted octanol–water partition coefficient (Wildman–Crippen LogP) is 0.728. The molecule has 2 atom stereocenters. The van der Waals surface area contributed by atoms with Crippen LogP contribution in [0, 0.1) is 0 Å². The summed E-state index contributed by atoms with van der Waals surface area (Å²) in [4.78, 5) is 21.3. The van der Waals surface area contributed by atoms with Crippen molar-refractivity contribution in [1.29, 1.82) is 0 Å². The molecule has 0 aliphatic carbocycles. The minimum atomic E-state index is -1.55. The summed E-state index contributed by atoms with van der Waals surface area (Å²) in [5.41, 5.74) is 0. The number of ether oxygens (including phenoxy) is 2. The Hall–Kier alpha value is 0.730. The molecule has 1 saturated heterocycles. The van der Waals surface area contributed by atoms with Crippen molar-refractivity contribution in [3.05, 3.63) is 0 Å². The third-order valence-electron chi connectivity index (χ3n) is 2.53. The molecule has 0 saturated carbocycles. The Morgan fingerprint density at radius 1 is 1.00 bits per heavy atom. The standard InChI is InChI=1S/C6H10O2.2C2H4O2.2Hg/c1-5-3-8-6(2)4-7-5;2*1-2(3)4;;/h5-6H,1-4H2;2*1H3,(H,3,4);;/q;;;2*+1/p-2. The van der Waals surface area contributed by atoms with Gasteiger partial charge in [-0.3, -0.25) is 0 Å². The van der Waals surface area contributed by atoms with E-state index in [1.54, 1.807) is 0 Å². The van der Waals surface area contributed by atoms with Gasteiger partial charge in [0.1, 0.15) is 0 Å². The van der Waals surface area contributed by atoms with E-state index >= 15 is 0 Å². The van der Waals surface area contributed by atoms with Crippen molar-refractivity contribution in [2.75, 3.05) is 13.2 Å². The second kappa shape index (κ2) is 9.61. The molecule has 96 valence electrons. The van der Waals surface area contributed by atoms with Crippen LogP contribution in [0.5, 0.6) is 0 Å². The molecular formula is C10H16Hg2O6. The van der Waals surface area contributed by atoms with E-state index < -0.39 is 50.1 Å². The number of carbonyl (C=O) groups is 2. The van der Waals surface area contributed by atoms with E-state index in [1.807, 2.05) is 0 Å². The van der Waals surface area contributed by atoms with Gasteiger partial charge < -0.3 is 0 Å². The van der Waals surface area contributed by atoms with Gasteiger partial charge in [-0.1, -0.05) is 0 Å². The van der Waals surface area contributed by atoms with Crippen LogP contribution in [-0.2, 0) is 74.4 Å². The molecule has 0 spiro atoms. The Morgan fingerprint density at radius 3 is 1.67 bits per heavy atom. The molecule has 0 aromatic carbocycles. The third kappa shape index (κ3) is 8.01. The molecule has 0 aromatic rings. The maximum atomic E-state index is 10.6. The first-order chi connectivity index (χ1) is 8.58. The van der Waals surface area contributed by atoms with Crippen LogP contribution >= 0.6 is 0 Å². The molecule has 0 N–H and O–H groups in total. The Bertz CT molecular complexity index is 250. The maximum absolute atomic E-state index is 10.6. The second-order valence-corrected chi connectivity index (χ2v) is 14.1. The molecule has 1 heterocycles. The zero-order chi connectivity index (χ0) is 13.4. The van der Waals surface area contributed by atoms with Crippen LogP contribution < -0.4 is 0 Å². The van der Waals surface area contributed by atoms with E-state index in [0.717, 1.165) is 7.86 Å². The fourth-order valence-corrected chi connectivity index (χ4v) is 9.37. The van der Waals surface area contributed by atoms with Gasteiger partial charge in [-0.05, 0) is 0 Å². The summed E-state index contributed by atoms with van der Waals surface area (Å²) in [6, 6.07) is 0. The SMILES string of the molecule is CC(=O)[O][Hg][CH2]C1COC([CH2][Hg][O]C(C)=O)CO1. The van der Waals surface area contributed by atoms with Gasteiger partial charge in [0.15, 0.2) is 0 Å². The van der Waals surface area contributed by atoms with Crippen molar-refractivity contribution in [3.8, 4) is 0 Å². The van der Waals surface area contributed by atoms with E-state index in [-0.39, 0.29) is 24.1 Å². The molecule has 18 heavy (non-hydrogen) atoms. The number of rotatable bonds is 6. The van der Waals surface area contributed by atoms with Crippen molar-refractivity contribution in [2.24, 2.45) is 0 Å². The van der Waals surface area contributed by atoms with Crippen molar-refractivity contribution in [1.82, 2.24) is 0 Å². The molecular weight excluding hydrogens is 617 g/mol. The molecule has 2 unspecified atom stereocenters. The summed E-state index contributed by atoms with van der Waals surface area (Å²) in [6.07, 6.45) is 0.181. The van der Waals surface area contributed by atoms with Crippen LogP contribution in [0.3, 0.4) is 0 Å². The monoisotopic (exact) mass is 636 g/mol. The fourth-order valence-electron chi connectivity index (χ4n) is 1.58. The summed E-state index contributed by atoms with van der Waals surface area (Å²) in [5.74, 6) is -0.357. The molecule has 1 rings (SSSR count). The first kappa shape index (κ1) is 16.8. The zero-order valence-electron chi connectivity index (χ0n) is 10.8. The molecule has 0 radical (unpaired) electrons. The quantitative estimate of drug-likeness (QED) is 0.402. The molecule has 0 bridgehead atoms. The molecule has 0 aromatic heterocycles. The number of carbonyl (C=O) groups excluding carboxylic acids is 2. The summed E-state index contributed by atoms with van der Waals surface area (Å²) in [5, 5.41) is 0. The number of hydrogen-bond acceptors (Lipinski definition) is 6. The Kier molecular flexibility index (Phi) is 8.96. The van der Waals surface area contributed by atoms with Crippen LogP contribution in [0.2, 0.25) is 7.86 Å². The summed E-state index contributed by atoms with van der Waals surface area (Å²) in [7, 11) is 0. The van der Waals surface area contributed by atoms with Gasteiger partial charge in [0, 0.05) is 0 Å². The van der Waals surface area contributed by atoms with Crippen LogP contribution in [0.1, 0.15) is 13.8 Å². The van der Waals surface area contributed by atoms with Crippen molar-refractivity contribution in [3.63, 3.8) is 0 Å². The van der Waals surface area contributed by atoms with Crippen LogP contribution in [0.4, 0.5) is 0 Å². The Balaban J connectivity index is 2.05. The third-order valence-corrected chi connectivity index (χ3v) is 14.1. The Labute approximate surface area is 132 Å². The summed E-state index contributed by atoms with van der Waals surface area (Å²) >= 11 is -3.11. The van der Waals surface area contributed by atoms with Gasteiger partial charge in [0.2, 0.25) is 0 Å². The first-order valence-corrected chi connectivity index (χ1v) is 18.3. The van der Waals surface area contributed by atoms with Crippen LogP contribution in [-0.4, -0.2) is 37.4 Å². The normalized spacial score (nSPS) is 22.6. The molecule has 6 nitrogen and oxygen atoms in total.